The maximum atomic E-state index is 11.1. The molecule has 1 aliphatic heterocycles. The van der Waals surface area contributed by atoms with Gasteiger partial charge in [0.2, 0.25) is 10.0 Å². The van der Waals surface area contributed by atoms with Gasteiger partial charge in [-0.15, -0.1) is 0 Å². The quantitative estimate of drug-likeness (QED) is 0.664. The smallest absolute Gasteiger partial charge is 0.238 e. The van der Waals surface area contributed by atoms with Crippen LogP contribution in [0.5, 0.6) is 0 Å². The summed E-state index contributed by atoms with van der Waals surface area (Å²) in [6.45, 7) is 0. The molecule has 7 heteroatoms. The number of nitrogens with one attached hydrogen (secondary N) is 1. The van der Waals surface area contributed by atoms with Gasteiger partial charge in [-0.3, -0.25) is 10.7 Å². The number of primary sulfonamides is 1. The first-order valence-corrected chi connectivity index (χ1v) is 6.40. The van der Waals surface area contributed by atoms with Crippen molar-refractivity contribution < 1.29 is 8.42 Å². The second-order valence-electron chi connectivity index (χ2n) is 3.56. The molecule has 0 fully saturated rings. The van der Waals surface area contributed by atoms with Crippen LogP contribution in [0.25, 0.3) is 5.57 Å². The Bertz CT molecular complexity index is 575. The van der Waals surface area contributed by atoms with Crippen LogP contribution in [0.1, 0.15) is 5.56 Å². The molecule has 0 aromatic heterocycles. The van der Waals surface area contributed by atoms with Crippen LogP contribution in [0.4, 0.5) is 0 Å². The largest absolute Gasteiger partial charge is 0.357 e. The molecule has 17 heavy (non-hydrogen) atoms. The monoisotopic (exact) mass is 252 g/mol. The molecule has 0 radical (unpaired) electrons. The number of nitrogens with zero attached hydrogens (tertiary/aromatic N) is 1. The van der Waals surface area contributed by atoms with Crippen LogP contribution in [0, 0.1) is 0 Å². The molecule has 5 N–H and O–H groups in total. The zero-order valence-corrected chi connectivity index (χ0v) is 9.68. The lowest BCUT2D eigenvalue weighted by Crippen LogP contribution is -2.34. The summed E-state index contributed by atoms with van der Waals surface area (Å²) < 4.78 is 22.1. The third-order valence-electron chi connectivity index (χ3n) is 2.30. The molecule has 1 aromatic carbocycles. The molecule has 0 saturated carbocycles. The van der Waals surface area contributed by atoms with Crippen LogP contribution < -0.4 is 16.2 Å². The summed E-state index contributed by atoms with van der Waals surface area (Å²) in [5, 5.41) is 7.86. The number of rotatable bonds is 2. The molecule has 1 atom stereocenters. The lowest BCUT2D eigenvalue weighted by Gasteiger charge is -2.13. The molecule has 0 aliphatic carbocycles. The van der Waals surface area contributed by atoms with Crippen molar-refractivity contribution in [3.8, 4) is 0 Å². The van der Waals surface area contributed by atoms with E-state index in [1.807, 2.05) is 0 Å². The molecule has 6 nitrogen and oxygen atoms in total. The van der Waals surface area contributed by atoms with Crippen LogP contribution in [0.2, 0.25) is 0 Å². The number of hydrogen-bond donors (Lipinski definition) is 3. The highest BCUT2D eigenvalue weighted by Gasteiger charge is 2.09. The third-order valence-corrected chi connectivity index (χ3v) is 3.23. The van der Waals surface area contributed by atoms with E-state index in [-0.39, 0.29) is 4.90 Å². The minimum atomic E-state index is -3.65. The molecule has 1 unspecified atom stereocenters. The van der Waals surface area contributed by atoms with Gasteiger partial charge in [0.15, 0.2) is 6.29 Å². The Morgan fingerprint density at radius 3 is 2.35 bits per heavy atom. The van der Waals surface area contributed by atoms with Crippen LogP contribution in [-0.4, -0.2) is 20.9 Å². The predicted molar refractivity (Wildman–Crippen MR) is 65.4 cm³/mol. The molecular formula is C10H12N4O2S. The van der Waals surface area contributed by atoms with E-state index in [2.05, 4.69) is 10.3 Å². The molecule has 0 bridgehead atoms. The highest BCUT2D eigenvalue weighted by molar-refractivity contribution is 7.89. The third kappa shape index (κ3) is 2.70. The molecule has 1 aromatic rings. The van der Waals surface area contributed by atoms with E-state index >= 15 is 0 Å². The van der Waals surface area contributed by atoms with Crippen molar-refractivity contribution in [2.75, 3.05) is 0 Å². The van der Waals surface area contributed by atoms with Gasteiger partial charge in [0.05, 0.1) is 4.90 Å². The van der Waals surface area contributed by atoms with E-state index in [1.165, 1.54) is 12.1 Å². The van der Waals surface area contributed by atoms with Crippen molar-refractivity contribution in [2.45, 2.75) is 11.2 Å². The van der Waals surface area contributed by atoms with Crippen LogP contribution in [0.3, 0.4) is 0 Å². The summed E-state index contributed by atoms with van der Waals surface area (Å²) in [5.74, 6) is 0. The Morgan fingerprint density at radius 1 is 1.24 bits per heavy atom. The lowest BCUT2D eigenvalue weighted by atomic mass is 10.1. The molecule has 0 saturated heterocycles. The van der Waals surface area contributed by atoms with Gasteiger partial charge in [-0.05, 0) is 17.7 Å². The van der Waals surface area contributed by atoms with Gasteiger partial charge >= 0.3 is 0 Å². The fourth-order valence-corrected chi connectivity index (χ4v) is 1.93. The van der Waals surface area contributed by atoms with E-state index in [4.69, 9.17) is 10.9 Å². The standard InChI is InChI=1S/C10H12N4O2S/c11-10-13-5-8(6-14-10)7-1-3-9(4-2-7)17(12,15)16/h1-6,10,13H,11H2,(H2,12,15,16). The highest BCUT2D eigenvalue weighted by Crippen LogP contribution is 2.16. The molecule has 90 valence electrons. The first-order valence-electron chi connectivity index (χ1n) is 4.85. The lowest BCUT2D eigenvalue weighted by molar-refractivity contribution is 0.598. The average molecular weight is 252 g/mol. The number of hydrogen-bond acceptors (Lipinski definition) is 5. The molecule has 0 spiro atoms. The zero-order valence-electron chi connectivity index (χ0n) is 8.87. The maximum absolute atomic E-state index is 11.1. The summed E-state index contributed by atoms with van der Waals surface area (Å²) in [7, 11) is -3.65. The first kappa shape index (κ1) is 11.8. The summed E-state index contributed by atoms with van der Waals surface area (Å²) in [4.78, 5) is 4.07. The Balaban J connectivity index is 2.28. The fraction of sp³-hybridized carbons (Fsp3) is 0.100. The molecule has 1 aliphatic rings. The summed E-state index contributed by atoms with van der Waals surface area (Å²) >= 11 is 0. The average Bonchev–Trinajstić information content (AvgIpc) is 2.29. The number of nitrogens with two attached hydrogens (primary N) is 2. The second-order valence-corrected chi connectivity index (χ2v) is 5.12. The van der Waals surface area contributed by atoms with Crippen molar-refractivity contribution in [2.24, 2.45) is 15.9 Å². The molecule has 0 amide bonds. The number of benzene rings is 1. The number of sulfonamides is 1. The van der Waals surface area contributed by atoms with Crippen LogP contribution in [-0.2, 0) is 10.0 Å². The summed E-state index contributed by atoms with van der Waals surface area (Å²) in [5.41, 5.74) is 7.17. The normalized spacial score (nSPS) is 19.6. The van der Waals surface area contributed by atoms with Gasteiger partial charge < -0.3 is 5.32 Å². The van der Waals surface area contributed by atoms with Gasteiger partial charge in [-0.2, -0.15) is 0 Å². The topological polar surface area (TPSA) is 111 Å². The number of allylic oxidation sites excluding steroid dienone is 1. The molecular weight excluding hydrogens is 240 g/mol. The van der Waals surface area contributed by atoms with Crippen LogP contribution in [0.15, 0.2) is 40.4 Å². The van der Waals surface area contributed by atoms with Gasteiger partial charge in [-0.25, -0.2) is 13.6 Å². The second kappa shape index (κ2) is 4.28. The molecule has 2 rings (SSSR count). The van der Waals surface area contributed by atoms with Gasteiger partial charge in [-0.1, -0.05) is 12.1 Å². The van der Waals surface area contributed by atoms with Gasteiger partial charge in [0.25, 0.3) is 0 Å². The Kier molecular flexibility index (Phi) is 2.97. The number of aliphatic imine (C=N–C) groups is 1. The molecule has 1 heterocycles. The van der Waals surface area contributed by atoms with E-state index in [0.717, 1.165) is 11.1 Å². The predicted octanol–water partition coefficient (Wildman–Crippen LogP) is -0.409. The van der Waals surface area contributed by atoms with E-state index in [9.17, 15) is 8.42 Å². The first-order chi connectivity index (χ1) is 7.97. The SMILES string of the molecule is NC1N=CC(c2ccc(S(N)(=O)=O)cc2)=CN1. The minimum absolute atomic E-state index is 0.0826. The van der Waals surface area contributed by atoms with Crippen molar-refractivity contribution in [3.63, 3.8) is 0 Å². The van der Waals surface area contributed by atoms with E-state index in [1.54, 1.807) is 24.5 Å². The van der Waals surface area contributed by atoms with E-state index < -0.39 is 16.3 Å². The Hall–Kier alpha value is -1.70. The zero-order chi connectivity index (χ0) is 12.5. The Labute approximate surface area is 99.1 Å². The van der Waals surface area contributed by atoms with Gasteiger partial charge in [0, 0.05) is 18.0 Å². The van der Waals surface area contributed by atoms with Crippen molar-refractivity contribution in [3.05, 3.63) is 36.0 Å². The summed E-state index contributed by atoms with van der Waals surface area (Å²) in [6, 6.07) is 6.23. The fourth-order valence-electron chi connectivity index (χ4n) is 1.41. The van der Waals surface area contributed by atoms with Crippen molar-refractivity contribution in [1.29, 1.82) is 0 Å². The Morgan fingerprint density at radius 2 is 1.88 bits per heavy atom. The maximum Gasteiger partial charge on any atom is 0.238 e. The van der Waals surface area contributed by atoms with E-state index in [0.29, 0.717) is 0 Å². The highest BCUT2D eigenvalue weighted by atomic mass is 32.2. The minimum Gasteiger partial charge on any atom is -0.357 e. The summed E-state index contributed by atoms with van der Waals surface area (Å²) in [6.07, 6.45) is 2.93. The van der Waals surface area contributed by atoms with Crippen molar-refractivity contribution >= 4 is 21.8 Å². The van der Waals surface area contributed by atoms with Crippen LogP contribution >= 0.6 is 0 Å². The van der Waals surface area contributed by atoms with Gasteiger partial charge in [0.1, 0.15) is 0 Å². The van der Waals surface area contributed by atoms with Crippen molar-refractivity contribution in [1.82, 2.24) is 5.32 Å².